The van der Waals surface area contributed by atoms with E-state index in [4.69, 9.17) is 0 Å². The molecule has 0 N–H and O–H groups in total. The molecule has 2 aromatic carbocycles. The first-order valence-corrected chi connectivity index (χ1v) is 12.6. The number of anilines is 1. The molecule has 170 valence electrons. The third kappa shape index (κ3) is 4.06. The van der Waals surface area contributed by atoms with Crippen LogP contribution in [0.5, 0.6) is 0 Å². The Balaban J connectivity index is 1.93. The van der Waals surface area contributed by atoms with E-state index in [0.717, 1.165) is 37.9 Å². The summed E-state index contributed by atoms with van der Waals surface area (Å²) in [5.74, 6) is -0.0182. The summed E-state index contributed by atoms with van der Waals surface area (Å²) in [6.07, 6.45) is 4.28. The number of benzene rings is 2. The molecule has 0 aliphatic carbocycles. The molecule has 1 aromatic heterocycles. The summed E-state index contributed by atoms with van der Waals surface area (Å²) in [5.41, 5.74) is 1.16. The lowest BCUT2D eigenvalue weighted by atomic mass is 9.99. The van der Waals surface area contributed by atoms with Crippen LogP contribution in [0.4, 0.5) is 10.1 Å². The second-order valence-electron chi connectivity index (χ2n) is 8.85. The van der Waals surface area contributed by atoms with E-state index in [9.17, 15) is 13.2 Å². The highest BCUT2D eigenvalue weighted by Gasteiger charge is 2.26. The monoisotopic (exact) mass is 456 g/mol. The molecule has 1 fully saturated rings. The maximum atomic E-state index is 15.2. The van der Waals surface area contributed by atoms with Crippen molar-refractivity contribution >= 4 is 26.4 Å². The molecule has 1 atom stereocenters. The number of fused-ring (bicyclic) bond motifs is 1. The van der Waals surface area contributed by atoms with E-state index < -0.39 is 21.1 Å². The molecule has 0 spiro atoms. The number of aromatic nitrogens is 1. The van der Waals surface area contributed by atoms with Gasteiger partial charge in [-0.1, -0.05) is 26.0 Å². The minimum atomic E-state index is -4.04. The zero-order valence-electron chi connectivity index (χ0n) is 18.8. The van der Waals surface area contributed by atoms with Crippen molar-refractivity contribution in [1.82, 2.24) is 4.57 Å². The SMILES string of the molecule is CCCn1cc(S(=O)(=O)c2cccc(C)c2)c(=O)c2cc(F)c(N3CCC[C@H](C)C3)cc21. The number of sulfone groups is 1. The van der Waals surface area contributed by atoms with Crippen LogP contribution >= 0.6 is 0 Å². The fraction of sp³-hybridized carbons (Fsp3) is 0.400. The average molecular weight is 457 g/mol. The van der Waals surface area contributed by atoms with Gasteiger partial charge in [0.25, 0.3) is 0 Å². The second kappa shape index (κ2) is 8.70. The van der Waals surface area contributed by atoms with Gasteiger partial charge in [0.1, 0.15) is 10.7 Å². The molecule has 3 aromatic rings. The molecule has 0 radical (unpaired) electrons. The highest BCUT2D eigenvalue weighted by Crippen LogP contribution is 2.30. The van der Waals surface area contributed by atoms with Crippen LogP contribution in [0, 0.1) is 18.7 Å². The van der Waals surface area contributed by atoms with Crippen molar-refractivity contribution in [3.05, 3.63) is 64.2 Å². The number of pyridine rings is 1. The van der Waals surface area contributed by atoms with E-state index in [1.54, 1.807) is 35.8 Å². The zero-order valence-corrected chi connectivity index (χ0v) is 19.6. The largest absolute Gasteiger partial charge is 0.369 e. The van der Waals surface area contributed by atoms with Gasteiger partial charge in [0.2, 0.25) is 15.3 Å². The molecular weight excluding hydrogens is 427 g/mol. The normalized spacial score (nSPS) is 17.1. The van der Waals surface area contributed by atoms with E-state index in [-0.39, 0.29) is 15.2 Å². The number of rotatable bonds is 5. The van der Waals surface area contributed by atoms with E-state index in [2.05, 4.69) is 6.92 Å². The van der Waals surface area contributed by atoms with Crippen molar-refractivity contribution in [2.75, 3.05) is 18.0 Å². The third-order valence-electron chi connectivity index (χ3n) is 6.17. The average Bonchev–Trinajstić information content (AvgIpc) is 2.75. The van der Waals surface area contributed by atoms with Gasteiger partial charge in [-0.15, -0.1) is 0 Å². The van der Waals surface area contributed by atoms with Gasteiger partial charge >= 0.3 is 0 Å². The van der Waals surface area contributed by atoms with Gasteiger partial charge in [-0.25, -0.2) is 12.8 Å². The van der Waals surface area contributed by atoms with Crippen molar-refractivity contribution in [2.24, 2.45) is 5.92 Å². The molecule has 5 nitrogen and oxygen atoms in total. The molecule has 0 saturated carbocycles. The summed E-state index contributed by atoms with van der Waals surface area (Å²) < 4.78 is 43.6. The summed E-state index contributed by atoms with van der Waals surface area (Å²) in [6.45, 7) is 7.99. The van der Waals surface area contributed by atoms with Gasteiger partial charge in [-0.05, 0) is 61.9 Å². The molecule has 1 saturated heterocycles. The summed E-state index contributed by atoms with van der Waals surface area (Å²) in [7, 11) is -4.04. The molecular formula is C25H29FN2O3S. The van der Waals surface area contributed by atoms with Gasteiger partial charge in [0, 0.05) is 25.8 Å². The fourth-order valence-electron chi connectivity index (χ4n) is 4.55. The van der Waals surface area contributed by atoms with Crippen LogP contribution in [0.15, 0.2) is 57.2 Å². The third-order valence-corrected chi connectivity index (χ3v) is 7.91. The Labute approximate surface area is 188 Å². The molecule has 0 bridgehead atoms. The summed E-state index contributed by atoms with van der Waals surface area (Å²) in [6, 6.07) is 9.41. The van der Waals surface area contributed by atoms with Crippen molar-refractivity contribution in [3.63, 3.8) is 0 Å². The van der Waals surface area contributed by atoms with E-state index in [1.807, 2.05) is 11.8 Å². The van der Waals surface area contributed by atoms with E-state index >= 15 is 4.39 Å². The summed E-state index contributed by atoms with van der Waals surface area (Å²) >= 11 is 0. The Kier molecular flexibility index (Phi) is 6.12. The van der Waals surface area contributed by atoms with Crippen LogP contribution in [0.1, 0.15) is 38.7 Å². The van der Waals surface area contributed by atoms with Crippen LogP contribution in [0.2, 0.25) is 0 Å². The number of hydrogen-bond donors (Lipinski definition) is 0. The maximum absolute atomic E-state index is 15.2. The van der Waals surface area contributed by atoms with Gasteiger partial charge in [-0.3, -0.25) is 4.79 Å². The molecule has 0 unspecified atom stereocenters. The first kappa shape index (κ1) is 22.5. The standard InChI is InChI=1S/C25H29FN2O3S/c1-4-10-27-16-24(32(30,31)19-9-5-7-17(2)12-19)25(29)20-13-21(26)23(14-22(20)27)28-11-6-8-18(3)15-28/h5,7,9,12-14,16,18H,4,6,8,10-11,15H2,1-3H3/t18-/m0/s1. The molecule has 1 aliphatic heterocycles. The Morgan fingerprint density at radius 3 is 2.66 bits per heavy atom. The number of aryl methyl sites for hydroxylation is 2. The quantitative estimate of drug-likeness (QED) is 0.546. The first-order valence-electron chi connectivity index (χ1n) is 11.2. The van der Waals surface area contributed by atoms with Gasteiger partial charge in [0.05, 0.1) is 21.5 Å². The topological polar surface area (TPSA) is 59.4 Å². The van der Waals surface area contributed by atoms with Crippen LogP contribution in [-0.2, 0) is 16.4 Å². The summed E-state index contributed by atoms with van der Waals surface area (Å²) in [4.78, 5) is 15.1. The maximum Gasteiger partial charge on any atom is 0.211 e. The fourth-order valence-corrected chi connectivity index (χ4v) is 6.02. The van der Waals surface area contributed by atoms with Crippen LogP contribution in [0.25, 0.3) is 10.9 Å². The minimum Gasteiger partial charge on any atom is -0.369 e. The molecule has 2 heterocycles. The number of piperidine rings is 1. The smallest absolute Gasteiger partial charge is 0.211 e. The number of halogens is 1. The van der Waals surface area contributed by atoms with E-state index in [1.165, 1.54) is 18.3 Å². The zero-order chi connectivity index (χ0) is 23.0. The Morgan fingerprint density at radius 2 is 1.97 bits per heavy atom. The highest BCUT2D eigenvalue weighted by molar-refractivity contribution is 7.91. The summed E-state index contributed by atoms with van der Waals surface area (Å²) in [5, 5.41) is 0.0958. The van der Waals surface area contributed by atoms with Gasteiger partial charge in [0.15, 0.2) is 0 Å². The van der Waals surface area contributed by atoms with Crippen molar-refractivity contribution in [1.29, 1.82) is 0 Å². The van der Waals surface area contributed by atoms with Crippen molar-refractivity contribution in [3.8, 4) is 0 Å². The van der Waals surface area contributed by atoms with Gasteiger partial charge < -0.3 is 9.47 Å². The predicted octanol–water partition coefficient (Wildman–Crippen LogP) is 4.93. The lowest BCUT2D eigenvalue weighted by Gasteiger charge is -2.33. The molecule has 0 amide bonds. The van der Waals surface area contributed by atoms with Crippen LogP contribution in [0.3, 0.4) is 0 Å². The molecule has 1 aliphatic rings. The second-order valence-corrected chi connectivity index (χ2v) is 10.8. The molecule has 32 heavy (non-hydrogen) atoms. The molecule has 4 rings (SSSR count). The van der Waals surface area contributed by atoms with Crippen molar-refractivity contribution in [2.45, 2.75) is 56.4 Å². The minimum absolute atomic E-state index is 0.0661. The lowest BCUT2D eigenvalue weighted by molar-refractivity contribution is 0.442. The van der Waals surface area contributed by atoms with E-state index in [0.29, 0.717) is 23.7 Å². The number of nitrogens with zero attached hydrogens (tertiary/aromatic N) is 2. The predicted molar refractivity (Wildman–Crippen MR) is 126 cm³/mol. The Hall–Kier alpha value is -2.67. The van der Waals surface area contributed by atoms with Crippen LogP contribution in [-0.4, -0.2) is 26.1 Å². The van der Waals surface area contributed by atoms with Crippen LogP contribution < -0.4 is 10.3 Å². The first-order chi connectivity index (χ1) is 15.2. The molecule has 7 heteroatoms. The Morgan fingerprint density at radius 1 is 1.19 bits per heavy atom. The number of hydrogen-bond acceptors (Lipinski definition) is 4. The van der Waals surface area contributed by atoms with Gasteiger partial charge in [-0.2, -0.15) is 0 Å². The van der Waals surface area contributed by atoms with Crippen molar-refractivity contribution < 1.29 is 12.8 Å². The lowest BCUT2D eigenvalue weighted by Crippen LogP contribution is -2.35. The Bertz CT molecular complexity index is 1330. The highest BCUT2D eigenvalue weighted by atomic mass is 32.2.